The highest BCUT2D eigenvalue weighted by Gasteiger charge is 2.55. The molecule has 0 radical (unpaired) electrons. The van der Waals surface area contributed by atoms with Crippen LogP contribution >= 0.6 is 12.6 Å². The van der Waals surface area contributed by atoms with Crippen molar-refractivity contribution in [1.82, 2.24) is 0 Å². The highest BCUT2D eigenvalue weighted by molar-refractivity contribution is 7.81. The molecule has 5 rings (SSSR count). The van der Waals surface area contributed by atoms with E-state index in [0.29, 0.717) is 28.8 Å². The SMILES string of the molecule is SC12CC3CC(C1)C(OOC1CCCCC1)C(C3)C2. The standard InChI is InChI=1S/C16H26O2S/c19-16-8-11-6-12(9-16)15(13(7-11)10-16)18-17-14-4-2-1-3-5-14/h11-15,19H,1-10H2. The lowest BCUT2D eigenvalue weighted by molar-refractivity contribution is -0.382. The molecule has 5 aliphatic carbocycles. The summed E-state index contributed by atoms with van der Waals surface area (Å²) in [5, 5.41) is 0. The Morgan fingerprint density at radius 1 is 0.842 bits per heavy atom. The van der Waals surface area contributed by atoms with Gasteiger partial charge in [-0.25, -0.2) is 9.78 Å². The van der Waals surface area contributed by atoms with Gasteiger partial charge < -0.3 is 0 Å². The van der Waals surface area contributed by atoms with E-state index in [1.165, 1.54) is 64.2 Å². The molecule has 0 N–H and O–H groups in total. The van der Waals surface area contributed by atoms with Crippen molar-refractivity contribution in [3.8, 4) is 0 Å². The lowest BCUT2D eigenvalue weighted by Crippen LogP contribution is -2.55. The first-order chi connectivity index (χ1) is 9.22. The van der Waals surface area contributed by atoms with E-state index in [1.54, 1.807) is 0 Å². The maximum atomic E-state index is 5.97. The lowest BCUT2D eigenvalue weighted by Gasteiger charge is -2.57. The van der Waals surface area contributed by atoms with Crippen LogP contribution in [-0.2, 0) is 9.78 Å². The van der Waals surface area contributed by atoms with Crippen molar-refractivity contribution in [1.29, 1.82) is 0 Å². The largest absolute Gasteiger partial charge is 0.233 e. The average Bonchev–Trinajstić information content (AvgIpc) is 2.37. The van der Waals surface area contributed by atoms with Crippen molar-refractivity contribution in [3.05, 3.63) is 0 Å². The second-order valence-corrected chi connectivity index (χ2v) is 8.56. The molecule has 0 heterocycles. The fraction of sp³-hybridized carbons (Fsp3) is 1.00. The van der Waals surface area contributed by atoms with E-state index in [9.17, 15) is 0 Å². The molecule has 5 aliphatic rings. The van der Waals surface area contributed by atoms with E-state index in [-0.39, 0.29) is 0 Å². The van der Waals surface area contributed by atoms with Crippen LogP contribution in [0.1, 0.15) is 64.2 Å². The lowest BCUT2D eigenvalue weighted by atomic mass is 9.54. The summed E-state index contributed by atoms with van der Waals surface area (Å²) in [7, 11) is 0. The molecule has 0 aliphatic heterocycles. The predicted octanol–water partition coefficient (Wildman–Crippen LogP) is 4.14. The van der Waals surface area contributed by atoms with Gasteiger partial charge in [0.2, 0.25) is 0 Å². The summed E-state index contributed by atoms with van der Waals surface area (Å²) in [6.45, 7) is 0. The van der Waals surface area contributed by atoms with Gasteiger partial charge in [0.25, 0.3) is 0 Å². The van der Waals surface area contributed by atoms with Gasteiger partial charge in [0.1, 0.15) is 0 Å². The summed E-state index contributed by atoms with van der Waals surface area (Å²) >= 11 is 4.96. The first-order valence-electron chi connectivity index (χ1n) is 8.26. The van der Waals surface area contributed by atoms with Gasteiger partial charge in [-0.2, -0.15) is 12.6 Å². The molecule has 2 atom stereocenters. The van der Waals surface area contributed by atoms with Crippen molar-refractivity contribution in [2.45, 2.75) is 81.2 Å². The van der Waals surface area contributed by atoms with Crippen molar-refractivity contribution >= 4 is 12.6 Å². The van der Waals surface area contributed by atoms with Gasteiger partial charge in [-0.3, -0.25) is 0 Å². The Hall–Kier alpha value is 0.270. The minimum atomic E-state index is 0.335. The molecule has 0 spiro atoms. The topological polar surface area (TPSA) is 18.5 Å². The Balaban J connectivity index is 1.37. The van der Waals surface area contributed by atoms with Crippen LogP contribution in [0.5, 0.6) is 0 Å². The van der Waals surface area contributed by atoms with E-state index in [4.69, 9.17) is 22.4 Å². The zero-order valence-electron chi connectivity index (χ0n) is 11.7. The van der Waals surface area contributed by atoms with Gasteiger partial charge in [0.15, 0.2) is 0 Å². The molecular weight excluding hydrogens is 256 g/mol. The van der Waals surface area contributed by atoms with Crippen LogP contribution in [-0.4, -0.2) is 17.0 Å². The maximum Gasteiger partial charge on any atom is 0.0987 e. The molecule has 0 aromatic heterocycles. The van der Waals surface area contributed by atoms with Crippen LogP contribution in [0.15, 0.2) is 0 Å². The van der Waals surface area contributed by atoms with Crippen molar-refractivity contribution in [2.75, 3.05) is 0 Å². The maximum absolute atomic E-state index is 5.97. The molecular formula is C16H26O2S. The van der Waals surface area contributed by atoms with Gasteiger partial charge in [0, 0.05) is 4.75 Å². The molecule has 108 valence electrons. The summed E-state index contributed by atoms with van der Waals surface area (Å²) in [6.07, 6.45) is 13.7. The smallest absolute Gasteiger partial charge is 0.0987 e. The summed E-state index contributed by atoms with van der Waals surface area (Å²) in [5.41, 5.74) is 0. The van der Waals surface area contributed by atoms with Gasteiger partial charge in [-0.15, -0.1) is 0 Å². The Kier molecular flexibility index (Phi) is 3.36. The van der Waals surface area contributed by atoms with Crippen molar-refractivity contribution in [3.63, 3.8) is 0 Å². The van der Waals surface area contributed by atoms with Crippen LogP contribution < -0.4 is 0 Å². The quantitative estimate of drug-likeness (QED) is 0.476. The molecule has 0 amide bonds. The molecule has 2 nitrogen and oxygen atoms in total. The molecule has 19 heavy (non-hydrogen) atoms. The molecule has 0 aromatic rings. The van der Waals surface area contributed by atoms with Crippen molar-refractivity contribution in [2.24, 2.45) is 17.8 Å². The summed E-state index contributed by atoms with van der Waals surface area (Å²) in [4.78, 5) is 11.8. The van der Waals surface area contributed by atoms with Crippen LogP contribution in [0.2, 0.25) is 0 Å². The Morgan fingerprint density at radius 2 is 1.53 bits per heavy atom. The van der Waals surface area contributed by atoms with E-state index in [1.807, 2.05) is 0 Å². The number of rotatable bonds is 3. The second kappa shape index (κ2) is 4.92. The van der Waals surface area contributed by atoms with Crippen LogP contribution in [0.3, 0.4) is 0 Å². The molecule has 5 saturated carbocycles. The fourth-order valence-electron chi connectivity index (χ4n) is 5.40. The molecule has 4 bridgehead atoms. The summed E-state index contributed by atoms with van der Waals surface area (Å²) < 4.78 is 0.335. The normalized spacial score (nSPS) is 49.7. The monoisotopic (exact) mass is 282 g/mol. The molecule has 5 fully saturated rings. The van der Waals surface area contributed by atoms with Gasteiger partial charge >= 0.3 is 0 Å². The second-order valence-electron chi connectivity index (χ2n) is 7.61. The fourth-order valence-corrected chi connectivity index (χ4v) is 6.12. The van der Waals surface area contributed by atoms with Gasteiger partial charge in [0.05, 0.1) is 12.2 Å². The number of hydrogen-bond acceptors (Lipinski definition) is 3. The Labute approximate surface area is 122 Å². The van der Waals surface area contributed by atoms with Crippen LogP contribution in [0.25, 0.3) is 0 Å². The third-order valence-electron chi connectivity index (χ3n) is 6.01. The zero-order valence-corrected chi connectivity index (χ0v) is 12.6. The van der Waals surface area contributed by atoms with E-state index in [2.05, 4.69) is 0 Å². The summed E-state index contributed by atoms with van der Waals surface area (Å²) in [6, 6.07) is 0. The molecule has 2 unspecified atom stereocenters. The highest BCUT2D eigenvalue weighted by atomic mass is 32.1. The van der Waals surface area contributed by atoms with E-state index < -0.39 is 0 Å². The average molecular weight is 282 g/mol. The molecule has 0 saturated heterocycles. The minimum Gasteiger partial charge on any atom is -0.233 e. The zero-order chi connectivity index (χ0) is 12.9. The van der Waals surface area contributed by atoms with Crippen LogP contribution in [0.4, 0.5) is 0 Å². The number of thiol groups is 1. The highest BCUT2D eigenvalue weighted by Crippen LogP contribution is 2.59. The molecule has 0 aromatic carbocycles. The van der Waals surface area contributed by atoms with E-state index >= 15 is 0 Å². The van der Waals surface area contributed by atoms with E-state index in [0.717, 1.165) is 5.92 Å². The predicted molar refractivity (Wildman–Crippen MR) is 78.1 cm³/mol. The van der Waals surface area contributed by atoms with Gasteiger partial charge in [-0.1, -0.05) is 19.3 Å². The minimum absolute atomic E-state index is 0.335. The first kappa shape index (κ1) is 13.0. The Morgan fingerprint density at radius 3 is 2.16 bits per heavy atom. The Bertz CT molecular complexity index is 324. The van der Waals surface area contributed by atoms with Gasteiger partial charge in [-0.05, 0) is 62.7 Å². The third kappa shape index (κ3) is 2.47. The van der Waals surface area contributed by atoms with Crippen LogP contribution in [0, 0.1) is 17.8 Å². The van der Waals surface area contributed by atoms with Crippen molar-refractivity contribution < 1.29 is 9.78 Å². The number of hydrogen-bond donors (Lipinski definition) is 1. The third-order valence-corrected chi connectivity index (χ3v) is 6.56. The summed E-state index contributed by atoms with van der Waals surface area (Å²) in [5.74, 6) is 2.35. The first-order valence-corrected chi connectivity index (χ1v) is 8.71. The molecule has 3 heteroatoms.